The molecule has 0 saturated carbocycles. The Balaban J connectivity index is 1.72. The Labute approximate surface area is 166 Å². The minimum absolute atomic E-state index is 0.181. The lowest BCUT2D eigenvalue weighted by atomic mass is 10.0. The highest BCUT2D eigenvalue weighted by molar-refractivity contribution is 5.96. The summed E-state index contributed by atoms with van der Waals surface area (Å²) in [5.41, 5.74) is 3.13. The maximum atomic E-state index is 12.7. The van der Waals surface area contributed by atoms with Gasteiger partial charge in [0.15, 0.2) is 0 Å². The van der Waals surface area contributed by atoms with E-state index in [9.17, 15) is 14.7 Å². The normalized spacial score (nSPS) is 12.9. The first kappa shape index (κ1) is 18.4. The van der Waals surface area contributed by atoms with Gasteiger partial charge in [-0.15, -0.1) is 0 Å². The molecule has 0 spiro atoms. The van der Waals surface area contributed by atoms with Crippen molar-refractivity contribution in [3.8, 4) is 28.3 Å². The minimum atomic E-state index is -0.492. The number of carbonyl (C=O) groups excluding carboxylic acids is 1. The maximum Gasteiger partial charge on any atom is 0.345 e. The topological polar surface area (TPSA) is 98.7 Å². The summed E-state index contributed by atoms with van der Waals surface area (Å²) in [5, 5.41) is 9.73. The second-order valence-electron chi connectivity index (χ2n) is 6.66. The summed E-state index contributed by atoms with van der Waals surface area (Å²) in [5.74, 6) is 0.00635. The number of aliphatic imine (C=N–C) groups is 1. The van der Waals surface area contributed by atoms with Crippen molar-refractivity contribution in [3.63, 3.8) is 0 Å². The molecule has 144 valence electrons. The van der Waals surface area contributed by atoms with E-state index in [1.165, 1.54) is 4.90 Å². The summed E-state index contributed by atoms with van der Waals surface area (Å²) in [7, 11) is 0. The zero-order chi connectivity index (χ0) is 20.4. The van der Waals surface area contributed by atoms with Crippen LogP contribution in [-0.2, 0) is 0 Å². The van der Waals surface area contributed by atoms with Crippen LogP contribution in [0.4, 0.5) is 0 Å². The largest absolute Gasteiger partial charge is 0.508 e. The van der Waals surface area contributed by atoms with E-state index in [1.54, 1.807) is 73.9 Å². The number of aromatic amines is 1. The molecule has 0 atom stereocenters. The lowest BCUT2D eigenvalue weighted by Gasteiger charge is -2.18. The van der Waals surface area contributed by atoms with Gasteiger partial charge in [-0.1, -0.05) is 12.1 Å². The van der Waals surface area contributed by atoms with E-state index in [0.29, 0.717) is 28.1 Å². The molecule has 4 rings (SSSR count). The fourth-order valence-electron chi connectivity index (χ4n) is 3.08. The van der Waals surface area contributed by atoms with Crippen LogP contribution in [0.25, 0.3) is 22.5 Å². The van der Waals surface area contributed by atoms with Crippen LogP contribution in [0.2, 0.25) is 0 Å². The van der Waals surface area contributed by atoms with Crippen LogP contribution < -0.4 is 5.69 Å². The van der Waals surface area contributed by atoms with Crippen molar-refractivity contribution in [1.82, 2.24) is 14.9 Å². The Morgan fingerprint density at radius 3 is 2.76 bits per heavy atom. The smallest absolute Gasteiger partial charge is 0.345 e. The van der Waals surface area contributed by atoms with Gasteiger partial charge >= 0.3 is 5.69 Å². The van der Waals surface area contributed by atoms with Crippen molar-refractivity contribution in [1.29, 1.82) is 0 Å². The molecule has 1 aliphatic rings. The zero-order valence-electron chi connectivity index (χ0n) is 15.7. The molecule has 0 bridgehead atoms. The molecule has 0 saturated heterocycles. The Kier molecular flexibility index (Phi) is 4.78. The minimum Gasteiger partial charge on any atom is -0.508 e. The van der Waals surface area contributed by atoms with E-state index in [4.69, 9.17) is 0 Å². The second kappa shape index (κ2) is 7.55. The number of hydrogen-bond acceptors (Lipinski definition) is 5. The quantitative estimate of drug-likeness (QED) is 0.722. The van der Waals surface area contributed by atoms with E-state index in [0.717, 1.165) is 5.56 Å². The van der Waals surface area contributed by atoms with Gasteiger partial charge in [0.25, 0.3) is 5.91 Å². The van der Waals surface area contributed by atoms with Gasteiger partial charge in [0.1, 0.15) is 12.4 Å². The van der Waals surface area contributed by atoms with Gasteiger partial charge < -0.3 is 10.1 Å². The van der Waals surface area contributed by atoms with Crippen LogP contribution in [-0.4, -0.2) is 38.8 Å². The molecule has 2 N–H and O–H groups in total. The molecule has 3 aromatic rings. The molecule has 7 heteroatoms. The molecule has 7 nitrogen and oxygen atoms in total. The number of hydrogen-bond donors (Lipinski definition) is 2. The first-order valence-electron chi connectivity index (χ1n) is 9.00. The summed E-state index contributed by atoms with van der Waals surface area (Å²) in [4.78, 5) is 37.2. The van der Waals surface area contributed by atoms with Gasteiger partial charge in [0.05, 0.1) is 11.4 Å². The highest BCUT2D eigenvalue weighted by Gasteiger charge is 2.15. The average Bonchev–Trinajstić information content (AvgIpc) is 2.75. The van der Waals surface area contributed by atoms with Gasteiger partial charge in [0.2, 0.25) is 0 Å². The number of aryl methyl sites for hydroxylation is 1. The summed E-state index contributed by atoms with van der Waals surface area (Å²) >= 11 is 0. The predicted molar refractivity (Wildman–Crippen MR) is 111 cm³/mol. The third-order valence-corrected chi connectivity index (χ3v) is 4.61. The number of carbonyl (C=O) groups is 1. The lowest BCUT2D eigenvalue weighted by molar-refractivity contribution is 0.0825. The molecule has 2 aromatic carbocycles. The van der Waals surface area contributed by atoms with Crippen molar-refractivity contribution in [2.24, 2.45) is 4.99 Å². The van der Waals surface area contributed by atoms with Crippen LogP contribution in [0, 0.1) is 6.92 Å². The molecule has 0 fully saturated rings. The number of aromatic hydroxyl groups is 1. The first-order valence-corrected chi connectivity index (χ1v) is 9.00. The second-order valence-corrected chi connectivity index (χ2v) is 6.66. The van der Waals surface area contributed by atoms with E-state index in [1.807, 2.05) is 0 Å². The van der Waals surface area contributed by atoms with E-state index in [2.05, 4.69) is 15.0 Å². The third kappa shape index (κ3) is 3.84. The molecular formula is C22H18N4O3. The van der Waals surface area contributed by atoms with Gasteiger partial charge in [-0.2, -0.15) is 4.98 Å². The number of nitrogens with zero attached hydrogens (tertiary/aromatic N) is 3. The van der Waals surface area contributed by atoms with Gasteiger partial charge in [-0.25, -0.2) is 4.79 Å². The molecule has 1 amide bonds. The Hall–Kier alpha value is -4.00. The van der Waals surface area contributed by atoms with Crippen molar-refractivity contribution in [2.75, 3.05) is 6.67 Å². The number of phenols is 1. The number of nitrogens with one attached hydrogen (secondary N) is 1. The van der Waals surface area contributed by atoms with Crippen LogP contribution in [0.5, 0.6) is 5.75 Å². The van der Waals surface area contributed by atoms with Gasteiger partial charge in [0, 0.05) is 23.5 Å². The van der Waals surface area contributed by atoms with Crippen molar-refractivity contribution in [2.45, 2.75) is 6.92 Å². The number of H-pyrrole nitrogens is 1. The number of benzene rings is 2. The van der Waals surface area contributed by atoms with Crippen LogP contribution >= 0.6 is 0 Å². The highest BCUT2D eigenvalue weighted by atomic mass is 16.3. The SMILES string of the molecule is Cc1cc(-c2cc(-c3cccc(C(=O)N4C=CC=NC4)c3)nc(=O)[nH]2)ccc1O. The summed E-state index contributed by atoms with van der Waals surface area (Å²) in [6.45, 7) is 2.06. The number of rotatable bonds is 3. The van der Waals surface area contributed by atoms with Crippen LogP contribution in [0.3, 0.4) is 0 Å². The van der Waals surface area contributed by atoms with Gasteiger partial charge in [-0.3, -0.25) is 14.7 Å². The molecule has 29 heavy (non-hydrogen) atoms. The van der Waals surface area contributed by atoms with E-state index in [-0.39, 0.29) is 18.3 Å². The summed E-state index contributed by atoms with van der Waals surface area (Å²) in [6.07, 6.45) is 5.03. The molecular weight excluding hydrogens is 368 g/mol. The Morgan fingerprint density at radius 2 is 2.00 bits per heavy atom. The first-order chi connectivity index (χ1) is 14.0. The molecule has 2 heterocycles. The van der Waals surface area contributed by atoms with E-state index >= 15 is 0 Å². The zero-order valence-corrected chi connectivity index (χ0v) is 15.7. The number of phenolic OH excluding ortho intramolecular Hbond substituents is 1. The predicted octanol–water partition coefficient (Wildman–Crippen LogP) is 3.12. The molecule has 0 aliphatic carbocycles. The van der Waals surface area contributed by atoms with Crippen LogP contribution in [0.1, 0.15) is 15.9 Å². The van der Waals surface area contributed by atoms with E-state index < -0.39 is 5.69 Å². The number of amides is 1. The highest BCUT2D eigenvalue weighted by Crippen LogP contribution is 2.26. The van der Waals surface area contributed by atoms with Gasteiger partial charge in [-0.05, 0) is 60.5 Å². The average molecular weight is 386 g/mol. The lowest BCUT2D eigenvalue weighted by Crippen LogP contribution is -2.27. The van der Waals surface area contributed by atoms with Crippen molar-refractivity contribution >= 4 is 12.1 Å². The number of allylic oxidation sites excluding steroid dienone is 1. The maximum absolute atomic E-state index is 12.7. The fourth-order valence-corrected chi connectivity index (χ4v) is 3.08. The fraction of sp³-hybridized carbons (Fsp3) is 0.0909. The monoisotopic (exact) mass is 386 g/mol. The number of aromatic nitrogens is 2. The molecule has 0 unspecified atom stereocenters. The molecule has 1 aromatic heterocycles. The van der Waals surface area contributed by atoms with Crippen molar-refractivity contribution < 1.29 is 9.90 Å². The molecule has 0 radical (unpaired) electrons. The Morgan fingerprint density at radius 1 is 1.14 bits per heavy atom. The Bertz CT molecular complexity index is 1210. The third-order valence-electron chi connectivity index (χ3n) is 4.61. The van der Waals surface area contributed by atoms with Crippen molar-refractivity contribution in [3.05, 3.63) is 82.4 Å². The molecule has 1 aliphatic heterocycles. The standard InChI is InChI=1S/C22H18N4O3/c1-14-10-16(6-7-20(14)27)19-12-18(24-22(29)25-19)15-4-2-5-17(11-15)21(28)26-9-3-8-23-13-26/h2-12,27H,13H2,1H3,(H,24,25,29). The summed E-state index contributed by atoms with van der Waals surface area (Å²) < 4.78 is 0. The summed E-state index contributed by atoms with van der Waals surface area (Å²) in [6, 6.07) is 13.8. The van der Waals surface area contributed by atoms with Crippen LogP contribution in [0.15, 0.2) is 70.6 Å².